The van der Waals surface area contributed by atoms with Crippen molar-refractivity contribution in [2.24, 2.45) is 0 Å². The molecule has 0 aromatic heterocycles. The van der Waals surface area contributed by atoms with Gasteiger partial charge in [-0.25, -0.2) is 4.79 Å². The number of nitro groups is 1. The summed E-state index contributed by atoms with van der Waals surface area (Å²) >= 11 is 1.69. The van der Waals surface area contributed by atoms with Crippen LogP contribution >= 0.6 is 22.6 Å². The molecule has 0 spiro atoms. The molecule has 2 amide bonds. The number of benzene rings is 1. The second-order valence-corrected chi connectivity index (χ2v) is 5.78. The first-order valence-corrected chi connectivity index (χ1v) is 7.50. The molecule has 1 aromatic rings. The van der Waals surface area contributed by atoms with E-state index in [-0.39, 0.29) is 21.5 Å². The molecule has 0 atom stereocenters. The predicted octanol–water partition coefficient (Wildman–Crippen LogP) is 0.554. The van der Waals surface area contributed by atoms with Crippen LogP contribution in [0, 0.1) is 13.7 Å². The smallest absolute Gasteiger partial charge is 0.338 e. The van der Waals surface area contributed by atoms with Crippen LogP contribution in [0.15, 0.2) is 23.9 Å². The molecule has 0 fully saturated rings. The van der Waals surface area contributed by atoms with Crippen LogP contribution in [-0.4, -0.2) is 51.0 Å². The number of aromatic carboxylic acids is 1. The Hall–Kier alpha value is -2.54. The lowest BCUT2D eigenvalue weighted by molar-refractivity contribution is -0.385. The highest BCUT2D eigenvalue weighted by molar-refractivity contribution is 14.1. The van der Waals surface area contributed by atoms with Gasteiger partial charge in [0.25, 0.3) is 17.5 Å². The molecule has 1 heterocycles. The lowest BCUT2D eigenvalue weighted by Gasteiger charge is -2.15. The summed E-state index contributed by atoms with van der Waals surface area (Å²) in [6.45, 7) is -0.601. The molecule has 2 rings (SSSR count). The van der Waals surface area contributed by atoms with Gasteiger partial charge in [0.2, 0.25) is 0 Å². The molecule has 126 valence electrons. The van der Waals surface area contributed by atoms with Crippen LogP contribution in [-0.2, 0) is 9.59 Å². The maximum atomic E-state index is 12.1. The number of carbonyl (C=O) groups excluding carboxylic acids is 2. The number of non-ortho nitro benzene ring substituents is 1. The van der Waals surface area contributed by atoms with Crippen molar-refractivity contribution in [1.29, 1.82) is 0 Å². The third-order valence-electron chi connectivity index (χ3n) is 3.11. The summed E-state index contributed by atoms with van der Waals surface area (Å²) in [4.78, 5) is 46.0. The number of carboxylic acids is 1. The van der Waals surface area contributed by atoms with Crippen LogP contribution in [0.5, 0.6) is 0 Å². The van der Waals surface area contributed by atoms with E-state index in [2.05, 4.69) is 5.32 Å². The molecule has 3 N–H and O–H groups in total. The van der Waals surface area contributed by atoms with E-state index in [0.717, 1.165) is 23.1 Å². The Morgan fingerprint density at radius 1 is 1.38 bits per heavy atom. The zero-order valence-electron chi connectivity index (χ0n) is 11.9. The maximum absolute atomic E-state index is 12.1. The predicted molar refractivity (Wildman–Crippen MR) is 88.3 cm³/mol. The number of nitro benzene ring substituents is 1. The number of imide groups is 1. The Kier molecular flexibility index (Phi) is 5.14. The summed E-state index contributed by atoms with van der Waals surface area (Å²) in [6, 6.07) is 2.00. The van der Waals surface area contributed by atoms with Crippen LogP contribution in [0.2, 0.25) is 0 Å². The lowest BCUT2D eigenvalue weighted by Crippen LogP contribution is -2.34. The summed E-state index contributed by atoms with van der Waals surface area (Å²) in [6.07, 6.45) is 0.973. The van der Waals surface area contributed by atoms with Gasteiger partial charge in [0.1, 0.15) is 5.70 Å². The molecule has 0 unspecified atom stereocenters. The van der Waals surface area contributed by atoms with Crippen molar-refractivity contribution in [3.63, 3.8) is 0 Å². The molecule has 0 aliphatic carbocycles. The van der Waals surface area contributed by atoms with Crippen molar-refractivity contribution in [2.45, 2.75) is 0 Å². The van der Waals surface area contributed by atoms with Crippen molar-refractivity contribution in [3.05, 3.63) is 43.2 Å². The van der Waals surface area contributed by atoms with E-state index in [1.807, 2.05) is 0 Å². The number of carboxylic acid groups (broad SMARTS) is 1. The highest BCUT2D eigenvalue weighted by Gasteiger charge is 2.32. The van der Waals surface area contributed by atoms with Gasteiger partial charge in [-0.15, -0.1) is 0 Å². The number of β-amino-alcohol motifs (C(OH)–C–C–N with tert-alkyl or cyclic N) is 1. The highest BCUT2D eigenvalue weighted by Crippen LogP contribution is 2.30. The number of rotatable bonds is 6. The fraction of sp³-hybridized carbons (Fsp3) is 0.154. The van der Waals surface area contributed by atoms with Crippen molar-refractivity contribution in [3.8, 4) is 0 Å². The largest absolute Gasteiger partial charge is 0.478 e. The second-order valence-electron chi connectivity index (χ2n) is 4.61. The number of anilines is 1. The number of aliphatic hydroxyl groups excluding tert-OH is 1. The molecule has 10 nitrogen and oxygen atoms in total. The van der Waals surface area contributed by atoms with Gasteiger partial charge in [0.05, 0.1) is 29.3 Å². The van der Waals surface area contributed by atoms with E-state index < -0.39 is 40.6 Å². The summed E-state index contributed by atoms with van der Waals surface area (Å²) in [5.41, 5.74) is -1.03. The zero-order chi connectivity index (χ0) is 18.0. The molecule has 0 saturated carbocycles. The molecule has 24 heavy (non-hydrogen) atoms. The van der Waals surface area contributed by atoms with Gasteiger partial charge in [-0.05, 0) is 22.6 Å². The average Bonchev–Trinajstić information content (AvgIpc) is 2.76. The van der Waals surface area contributed by atoms with Crippen molar-refractivity contribution in [1.82, 2.24) is 4.90 Å². The van der Waals surface area contributed by atoms with Gasteiger partial charge in [0, 0.05) is 21.8 Å². The number of halogens is 1. The lowest BCUT2D eigenvalue weighted by atomic mass is 10.1. The van der Waals surface area contributed by atoms with Crippen LogP contribution in [0.3, 0.4) is 0 Å². The Balaban J connectivity index is 2.42. The first-order valence-electron chi connectivity index (χ1n) is 6.43. The van der Waals surface area contributed by atoms with E-state index in [0.29, 0.717) is 0 Å². The van der Waals surface area contributed by atoms with Crippen molar-refractivity contribution in [2.75, 3.05) is 18.5 Å². The monoisotopic (exact) mass is 447 g/mol. The summed E-state index contributed by atoms with van der Waals surface area (Å²) < 4.78 is 0.195. The number of hydrogen-bond acceptors (Lipinski definition) is 7. The highest BCUT2D eigenvalue weighted by atomic mass is 127. The summed E-state index contributed by atoms with van der Waals surface area (Å²) in [7, 11) is 0. The number of hydrogen-bond donors (Lipinski definition) is 3. The van der Waals surface area contributed by atoms with Gasteiger partial charge >= 0.3 is 5.97 Å². The molecular weight excluding hydrogens is 437 g/mol. The minimum atomic E-state index is -1.43. The van der Waals surface area contributed by atoms with Crippen molar-refractivity contribution >= 4 is 51.7 Å². The minimum Gasteiger partial charge on any atom is -0.478 e. The molecule has 0 bridgehead atoms. The molecule has 1 aliphatic rings. The minimum absolute atomic E-state index is 0.0352. The van der Waals surface area contributed by atoms with Crippen LogP contribution in [0.25, 0.3) is 0 Å². The standard InChI is InChI=1S/C13H10IN3O7/c14-8-4-6(17(23)24)3-7(13(21)22)11(8)15-9-5-10(19)16(1-2-18)12(9)20/h3-5,15,18H,1-2H2,(H,21,22). The van der Waals surface area contributed by atoms with E-state index in [1.54, 1.807) is 22.6 Å². The third-order valence-corrected chi connectivity index (χ3v) is 3.96. The van der Waals surface area contributed by atoms with E-state index >= 15 is 0 Å². The zero-order valence-corrected chi connectivity index (χ0v) is 14.0. The van der Waals surface area contributed by atoms with E-state index in [4.69, 9.17) is 5.11 Å². The number of amides is 2. The number of nitrogens with one attached hydrogen (secondary N) is 1. The van der Waals surface area contributed by atoms with Crippen LogP contribution in [0.1, 0.15) is 10.4 Å². The Bertz CT molecular complexity index is 790. The molecule has 11 heteroatoms. The van der Waals surface area contributed by atoms with Crippen molar-refractivity contribution < 1.29 is 29.5 Å². The summed E-state index contributed by atoms with van der Waals surface area (Å²) in [5, 5.41) is 31.5. The Labute approximate surface area is 148 Å². The molecule has 1 aromatic carbocycles. The van der Waals surface area contributed by atoms with Gasteiger partial charge in [-0.1, -0.05) is 0 Å². The number of aliphatic hydroxyl groups is 1. The summed E-state index contributed by atoms with van der Waals surface area (Å²) in [5.74, 6) is -2.80. The van der Waals surface area contributed by atoms with Crippen LogP contribution < -0.4 is 5.32 Å². The van der Waals surface area contributed by atoms with Gasteiger partial charge in [-0.2, -0.15) is 0 Å². The number of nitrogens with zero attached hydrogens (tertiary/aromatic N) is 2. The molecule has 0 radical (unpaired) electrons. The van der Waals surface area contributed by atoms with E-state index in [9.17, 15) is 29.6 Å². The van der Waals surface area contributed by atoms with Gasteiger partial charge in [-0.3, -0.25) is 24.6 Å². The third kappa shape index (κ3) is 3.35. The molecule has 0 saturated heterocycles. The Morgan fingerprint density at radius 2 is 2.04 bits per heavy atom. The maximum Gasteiger partial charge on any atom is 0.338 e. The number of carbonyl (C=O) groups is 3. The fourth-order valence-electron chi connectivity index (χ4n) is 2.04. The van der Waals surface area contributed by atoms with E-state index in [1.165, 1.54) is 0 Å². The topological polar surface area (TPSA) is 150 Å². The second kappa shape index (κ2) is 6.92. The molecular formula is C13H10IN3O7. The quantitative estimate of drug-likeness (QED) is 0.248. The van der Waals surface area contributed by atoms with Gasteiger partial charge in [0.15, 0.2) is 0 Å². The van der Waals surface area contributed by atoms with Gasteiger partial charge < -0.3 is 15.5 Å². The average molecular weight is 447 g/mol. The molecule has 1 aliphatic heterocycles. The SMILES string of the molecule is O=C(O)c1cc([N+](=O)[O-])cc(I)c1NC1=CC(=O)N(CCO)C1=O. The Morgan fingerprint density at radius 3 is 2.58 bits per heavy atom. The first kappa shape index (κ1) is 17.8. The fourth-order valence-corrected chi connectivity index (χ4v) is 2.78. The first-order chi connectivity index (χ1) is 11.3. The normalized spacial score (nSPS) is 13.9. The van der Waals surface area contributed by atoms with Crippen LogP contribution in [0.4, 0.5) is 11.4 Å².